The molecule has 3 aliphatic rings. The van der Waals surface area contributed by atoms with Gasteiger partial charge in [-0.15, -0.1) is 5.53 Å². The van der Waals surface area contributed by atoms with Crippen molar-refractivity contribution < 1.29 is 0 Å². The minimum Gasteiger partial charge on any atom is -0.377 e. The molecule has 1 unspecified atom stereocenters. The number of benzene rings is 2. The van der Waals surface area contributed by atoms with Crippen molar-refractivity contribution in [1.29, 1.82) is 5.26 Å². The van der Waals surface area contributed by atoms with Crippen molar-refractivity contribution in [1.82, 2.24) is 21.3 Å². The molecule has 0 aromatic heterocycles. The van der Waals surface area contributed by atoms with Crippen LogP contribution in [0.1, 0.15) is 48.1 Å². The van der Waals surface area contributed by atoms with Crippen LogP contribution in [-0.4, -0.2) is 24.6 Å². The summed E-state index contributed by atoms with van der Waals surface area (Å²) < 4.78 is 0. The molecule has 4 N–H and O–H groups in total. The molecular weight excluding hydrogens is 372 g/mol. The van der Waals surface area contributed by atoms with Gasteiger partial charge in [-0.25, -0.2) is 0 Å². The molecule has 0 radical (unpaired) electrons. The molecular formula is C24H26N6. The van der Waals surface area contributed by atoms with Crippen LogP contribution >= 0.6 is 0 Å². The predicted molar refractivity (Wildman–Crippen MR) is 120 cm³/mol. The van der Waals surface area contributed by atoms with Crippen LogP contribution in [-0.2, 0) is 0 Å². The normalized spacial score (nSPS) is 20.5. The molecule has 6 heteroatoms. The maximum Gasteiger partial charge on any atom is 0.101 e. The smallest absolute Gasteiger partial charge is 0.101 e. The van der Waals surface area contributed by atoms with Crippen LogP contribution in [0.4, 0.5) is 5.69 Å². The largest absolute Gasteiger partial charge is 0.377 e. The van der Waals surface area contributed by atoms with Gasteiger partial charge in [0.1, 0.15) is 6.07 Å². The molecule has 152 valence electrons. The average molecular weight is 399 g/mol. The number of para-hydroxylation sites is 1. The summed E-state index contributed by atoms with van der Waals surface area (Å²) in [4.78, 5) is 0. The van der Waals surface area contributed by atoms with Crippen LogP contribution < -0.4 is 21.6 Å². The van der Waals surface area contributed by atoms with Crippen LogP contribution in [0.3, 0.4) is 0 Å². The molecule has 0 amide bonds. The zero-order chi connectivity index (χ0) is 20.5. The molecule has 0 saturated carbocycles. The lowest BCUT2D eigenvalue weighted by molar-refractivity contribution is 0.281. The SMILES string of the molecule is CC1=C2c3ccc(C4=CCNCC4)cc3C(Nc3ccccc3C#N)CCN2NN1. The van der Waals surface area contributed by atoms with Gasteiger partial charge in [-0.1, -0.05) is 30.3 Å². The van der Waals surface area contributed by atoms with Crippen molar-refractivity contribution in [3.8, 4) is 6.07 Å². The highest BCUT2D eigenvalue weighted by Gasteiger charge is 2.30. The monoisotopic (exact) mass is 398 g/mol. The lowest BCUT2D eigenvalue weighted by Crippen LogP contribution is -2.37. The summed E-state index contributed by atoms with van der Waals surface area (Å²) in [5, 5.41) is 18.8. The Hall–Kier alpha value is -3.27. The zero-order valence-electron chi connectivity index (χ0n) is 17.1. The van der Waals surface area contributed by atoms with Gasteiger partial charge in [0.05, 0.1) is 28.7 Å². The predicted octanol–water partition coefficient (Wildman–Crippen LogP) is 3.51. The maximum absolute atomic E-state index is 9.54. The van der Waals surface area contributed by atoms with Crippen molar-refractivity contribution in [2.45, 2.75) is 25.8 Å². The van der Waals surface area contributed by atoms with E-state index >= 15 is 0 Å². The number of hydrogen-bond donors (Lipinski definition) is 4. The molecule has 3 heterocycles. The summed E-state index contributed by atoms with van der Waals surface area (Å²) in [6.45, 7) is 4.92. The molecule has 0 saturated heterocycles. The second kappa shape index (κ2) is 7.86. The van der Waals surface area contributed by atoms with Gasteiger partial charge in [0.25, 0.3) is 0 Å². The summed E-state index contributed by atoms with van der Waals surface area (Å²) >= 11 is 0. The average Bonchev–Trinajstić information content (AvgIpc) is 3.09. The highest BCUT2D eigenvalue weighted by molar-refractivity contribution is 5.76. The zero-order valence-corrected chi connectivity index (χ0v) is 17.1. The van der Waals surface area contributed by atoms with Crippen LogP contribution in [0.2, 0.25) is 0 Å². The van der Waals surface area contributed by atoms with Gasteiger partial charge in [-0.3, -0.25) is 5.01 Å². The molecule has 0 fully saturated rings. The number of allylic oxidation sites excluding steroid dienone is 1. The minimum absolute atomic E-state index is 0.115. The van der Waals surface area contributed by atoms with E-state index in [0.29, 0.717) is 5.56 Å². The van der Waals surface area contributed by atoms with Crippen LogP contribution in [0.25, 0.3) is 11.3 Å². The third kappa shape index (κ3) is 3.32. The van der Waals surface area contributed by atoms with E-state index < -0.39 is 0 Å². The lowest BCUT2D eigenvalue weighted by atomic mass is 9.91. The third-order valence-electron chi connectivity index (χ3n) is 6.14. The van der Waals surface area contributed by atoms with Crippen LogP contribution in [0, 0.1) is 11.3 Å². The number of fused-ring (bicyclic) bond motifs is 3. The lowest BCUT2D eigenvalue weighted by Gasteiger charge is -2.23. The number of hydrazine groups is 2. The van der Waals surface area contributed by atoms with Gasteiger partial charge < -0.3 is 16.1 Å². The highest BCUT2D eigenvalue weighted by Crippen LogP contribution is 2.39. The van der Waals surface area contributed by atoms with Crippen molar-refractivity contribution in [3.63, 3.8) is 0 Å². The Balaban J connectivity index is 1.60. The van der Waals surface area contributed by atoms with Gasteiger partial charge in [0.15, 0.2) is 0 Å². The number of hydrogen-bond acceptors (Lipinski definition) is 6. The Labute approximate surface area is 177 Å². The molecule has 0 spiro atoms. The molecule has 1 atom stereocenters. The summed E-state index contributed by atoms with van der Waals surface area (Å²) in [5.74, 6) is 0. The third-order valence-corrected chi connectivity index (χ3v) is 6.14. The molecule has 5 rings (SSSR count). The Morgan fingerprint density at radius 1 is 1.20 bits per heavy atom. The standard InChI is InChI=1S/C24H26N6/c1-16-24-20-7-6-18(17-8-11-26-12-9-17)14-21(20)23(10-13-30(24)29-28-16)27-22-5-3-2-4-19(22)15-25/h2-8,14,23,26-29H,9-13H2,1H3. The first-order valence-corrected chi connectivity index (χ1v) is 10.5. The van der Waals surface area contributed by atoms with Gasteiger partial charge >= 0.3 is 0 Å². The number of nitrogens with one attached hydrogen (secondary N) is 4. The van der Waals surface area contributed by atoms with Crippen molar-refractivity contribution in [2.24, 2.45) is 0 Å². The Kier molecular flexibility index (Phi) is 4.91. The second-order valence-corrected chi connectivity index (χ2v) is 7.99. The Morgan fingerprint density at radius 3 is 2.93 bits per heavy atom. The second-order valence-electron chi connectivity index (χ2n) is 7.99. The molecule has 2 aromatic carbocycles. The quantitative estimate of drug-likeness (QED) is 0.634. The van der Waals surface area contributed by atoms with E-state index in [2.05, 4.69) is 63.9 Å². The minimum atomic E-state index is 0.115. The number of nitriles is 1. The van der Waals surface area contributed by atoms with Gasteiger partial charge in [-0.2, -0.15) is 5.26 Å². The molecule has 3 aliphatic heterocycles. The maximum atomic E-state index is 9.54. The van der Waals surface area contributed by atoms with E-state index in [1.165, 1.54) is 28.0 Å². The molecule has 30 heavy (non-hydrogen) atoms. The van der Waals surface area contributed by atoms with Gasteiger partial charge in [-0.05, 0) is 61.2 Å². The summed E-state index contributed by atoms with van der Waals surface area (Å²) in [6, 6.07) is 17.0. The highest BCUT2D eigenvalue weighted by atomic mass is 15.7. The Bertz CT molecular complexity index is 1080. The first-order chi connectivity index (χ1) is 14.7. The first-order valence-electron chi connectivity index (χ1n) is 10.5. The fourth-order valence-corrected chi connectivity index (χ4v) is 4.59. The van der Waals surface area contributed by atoms with E-state index in [0.717, 1.165) is 43.9 Å². The fourth-order valence-electron chi connectivity index (χ4n) is 4.59. The van der Waals surface area contributed by atoms with Crippen molar-refractivity contribution in [3.05, 3.63) is 76.5 Å². The first kappa shape index (κ1) is 18.7. The molecule has 6 nitrogen and oxygen atoms in total. The van der Waals surface area contributed by atoms with E-state index in [1.807, 2.05) is 24.3 Å². The summed E-state index contributed by atoms with van der Waals surface area (Å²) in [5.41, 5.74) is 15.7. The van der Waals surface area contributed by atoms with E-state index in [4.69, 9.17) is 0 Å². The van der Waals surface area contributed by atoms with E-state index in [9.17, 15) is 5.26 Å². The number of nitrogens with zero attached hydrogens (tertiary/aromatic N) is 2. The van der Waals surface area contributed by atoms with Gasteiger partial charge in [0, 0.05) is 18.7 Å². The van der Waals surface area contributed by atoms with Crippen LogP contribution in [0.15, 0.2) is 54.2 Å². The Morgan fingerprint density at radius 2 is 2.10 bits per heavy atom. The van der Waals surface area contributed by atoms with Gasteiger partial charge in [0.2, 0.25) is 0 Å². The molecule has 0 aliphatic carbocycles. The van der Waals surface area contributed by atoms with E-state index in [-0.39, 0.29) is 6.04 Å². The summed E-state index contributed by atoms with van der Waals surface area (Å²) in [7, 11) is 0. The fraction of sp³-hybridized carbons (Fsp3) is 0.292. The summed E-state index contributed by atoms with van der Waals surface area (Å²) in [6.07, 6.45) is 4.26. The topological polar surface area (TPSA) is 75.1 Å². The van der Waals surface area contributed by atoms with Crippen LogP contribution in [0.5, 0.6) is 0 Å². The van der Waals surface area contributed by atoms with E-state index in [1.54, 1.807) is 0 Å². The van der Waals surface area contributed by atoms with Crippen molar-refractivity contribution >= 4 is 17.0 Å². The number of anilines is 1. The number of rotatable bonds is 3. The molecule has 0 bridgehead atoms. The van der Waals surface area contributed by atoms with Crippen molar-refractivity contribution in [2.75, 3.05) is 25.0 Å². The molecule has 2 aromatic rings.